The van der Waals surface area contributed by atoms with Gasteiger partial charge in [0.05, 0.1) is 18.6 Å². The van der Waals surface area contributed by atoms with Crippen molar-refractivity contribution < 1.29 is 19.1 Å². The summed E-state index contributed by atoms with van der Waals surface area (Å²) in [5.41, 5.74) is 5.36. The predicted molar refractivity (Wildman–Crippen MR) is 66.3 cm³/mol. The Hall–Kier alpha value is -2.04. The Morgan fingerprint density at radius 2 is 1.83 bits per heavy atom. The van der Waals surface area contributed by atoms with E-state index in [4.69, 9.17) is 15.2 Å². The number of hydrogen-bond donors (Lipinski definition) is 1. The molecule has 2 N–H and O–H groups in total. The van der Waals surface area contributed by atoms with Crippen LogP contribution in [0.1, 0.15) is 30.1 Å². The average molecular weight is 251 g/mol. The van der Waals surface area contributed by atoms with Gasteiger partial charge in [-0.2, -0.15) is 0 Å². The van der Waals surface area contributed by atoms with Crippen LogP contribution in [0.5, 0.6) is 5.75 Å². The van der Waals surface area contributed by atoms with E-state index < -0.39 is 11.9 Å². The lowest BCUT2D eigenvalue weighted by molar-refractivity contribution is -0.118. The molecule has 0 atom stereocenters. The van der Waals surface area contributed by atoms with Gasteiger partial charge in [0.15, 0.2) is 0 Å². The third kappa shape index (κ3) is 4.86. The largest absolute Gasteiger partial charge is 0.494 e. The van der Waals surface area contributed by atoms with Crippen molar-refractivity contribution in [1.29, 1.82) is 0 Å². The van der Waals surface area contributed by atoms with Gasteiger partial charge in [-0.15, -0.1) is 0 Å². The second-order valence-corrected chi connectivity index (χ2v) is 3.73. The Labute approximate surface area is 106 Å². The Kier molecular flexibility index (Phi) is 5.70. The third-order valence-electron chi connectivity index (χ3n) is 2.14. The summed E-state index contributed by atoms with van der Waals surface area (Å²) in [6.07, 6.45) is 0.959. The Morgan fingerprint density at radius 1 is 1.17 bits per heavy atom. The van der Waals surface area contributed by atoms with Crippen molar-refractivity contribution >= 4 is 11.9 Å². The number of amides is 1. The first-order valence-electron chi connectivity index (χ1n) is 5.81. The minimum atomic E-state index is -0.494. The monoisotopic (exact) mass is 251 g/mol. The van der Waals surface area contributed by atoms with Gasteiger partial charge in [0.2, 0.25) is 5.91 Å². The molecule has 0 saturated carbocycles. The molecule has 0 radical (unpaired) electrons. The number of benzene rings is 1. The van der Waals surface area contributed by atoms with Gasteiger partial charge in [0.25, 0.3) is 0 Å². The summed E-state index contributed by atoms with van der Waals surface area (Å²) in [5, 5.41) is 0. The molecule has 0 fully saturated rings. The van der Waals surface area contributed by atoms with Crippen LogP contribution < -0.4 is 10.5 Å². The number of hydrogen-bond acceptors (Lipinski definition) is 4. The molecule has 1 amide bonds. The molecule has 0 bridgehead atoms. The zero-order chi connectivity index (χ0) is 13.4. The van der Waals surface area contributed by atoms with Gasteiger partial charge < -0.3 is 15.2 Å². The molecule has 1 aromatic carbocycles. The summed E-state index contributed by atoms with van der Waals surface area (Å²) >= 11 is 0. The molecule has 0 unspecified atom stereocenters. The van der Waals surface area contributed by atoms with Crippen molar-refractivity contribution in [3.05, 3.63) is 29.8 Å². The van der Waals surface area contributed by atoms with Crippen LogP contribution in [0.2, 0.25) is 0 Å². The van der Waals surface area contributed by atoms with Crippen LogP contribution in [0.3, 0.4) is 0 Å². The van der Waals surface area contributed by atoms with Crippen molar-refractivity contribution in [1.82, 2.24) is 0 Å². The molecule has 98 valence electrons. The van der Waals surface area contributed by atoms with Gasteiger partial charge in [0.1, 0.15) is 12.4 Å². The van der Waals surface area contributed by atoms with Gasteiger partial charge in [0, 0.05) is 0 Å². The Bertz CT molecular complexity index is 400. The fraction of sp³-hybridized carbons (Fsp3) is 0.385. The fourth-order valence-electron chi connectivity index (χ4n) is 1.23. The van der Waals surface area contributed by atoms with Crippen LogP contribution >= 0.6 is 0 Å². The lowest BCUT2D eigenvalue weighted by atomic mass is 10.2. The predicted octanol–water partition coefficient (Wildman–Crippen LogP) is 1.51. The molecule has 0 aromatic heterocycles. The Balaban J connectivity index is 2.46. The molecule has 0 spiro atoms. The maximum atomic E-state index is 11.5. The smallest absolute Gasteiger partial charge is 0.338 e. The molecule has 0 saturated heterocycles. The van der Waals surface area contributed by atoms with Gasteiger partial charge in [-0.05, 0) is 30.7 Å². The molecule has 1 aromatic rings. The Morgan fingerprint density at radius 3 is 2.39 bits per heavy atom. The molecule has 0 aliphatic rings. The second kappa shape index (κ2) is 7.32. The third-order valence-corrected chi connectivity index (χ3v) is 2.14. The first-order valence-corrected chi connectivity index (χ1v) is 5.81. The second-order valence-electron chi connectivity index (χ2n) is 3.73. The lowest BCUT2D eigenvalue weighted by Crippen LogP contribution is -2.15. The van der Waals surface area contributed by atoms with E-state index in [0.717, 1.165) is 6.42 Å². The van der Waals surface area contributed by atoms with Gasteiger partial charge in [-0.1, -0.05) is 6.92 Å². The van der Waals surface area contributed by atoms with Crippen LogP contribution in [0.25, 0.3) is 0 Å². The van der Waals surface area contributed by atoms with Crippen LogP contribution in [-0.2, 0) is 9.53 Å². The van der Waals surface area contributed by atoms with Crippen LogP contribution in [0.4, 0.5) is 0 Å². The molecule has 18 heavy (non-hydrogen) atoms. The average Bonchev–Trinajstić information content (AvgIpc) is 2.36. The van der Waals surface area contributed by atoms with Gasteiger partial charge in [-0.3, -0.25) is 4.79 Å². The van der Waals surface area contributed by atoms with Gasteiger partial charge >= 0.3 is 5.97 Å². The summed E-state index contributed by atoms with van der Waals surface area (Å²) in [6.45, 7) is 2.66. The van der Waals surface area contributed by atoms with E-state index in [9.17, 15) is 9.59 Å². The van der Waals surface area contributed by atoms with Crippen molar-refractivity contribution in [2.24, 2.45) is 5.73 Å². The zero-order valence-electron chi connectivity index (χ0n) is 10.3. The van der Waals surface area contributed by atoms with Crippen molar-refractivity contribution in [2.75, 3.05) is 13.2 Å². The normalized spacial score (nSPS) is 9.83. The van der Waals surface area contributed by atoms with E-state index in [-0.39, 0.29) is 13.0 Å². The number of primary amides is 1. The first kappa shape index (κ1) is 14.0. The van der Waals surface area contributed by atoms with E-state index in [2.05, 4.69) is 0 Å². The van der Waals surface area contributed by atoms with E-state index in [1.807, 2.05) is 6.92 Å². The molecular formula is C13H17NO4. The molecule has 5 nitrogen and oxygen atoms in total. The SMILES string of the molecule is CCCOc1ccc(C(=O)OCCC(N)=O)cc1. The number of ether oxygens (including phenoxy) is 2. The number of carbonyl (C=O) groups excluding carboxylic acids is 2. The highest BCUT2D eigenvalue weighted by Gasteiger charge is 2.07. The summed E-state index contributed by atoms with van der Waals surface area (Å²) in [4.78, 5) is 22.0. The van der Waals surface area contributed by atoms with Crippen molar-refractivity contribution in [3.63, 3.8) is 0 Å². The maximum Gasteiger partial charge on any atom is 0.338 e. The van der Waals surface area contributed by atoms with E-state index in [0.29, 0.717) is 17.9 Å². The summed E-state index contributed by atoms with van der Waals surface area (Å²) in [5.74, 6) is -0.255. The van der Waals surface area contributed by atoms with E-state index in [1.165, 1.54) is 0 Å². The highest BCUT2D eigenvalue weighted by Crippen LogP contribution is 2.13. The number of carbonyl (C=O) groups is 2. The highest BCUT2D eigenvalue weighted by atomic mass is 16.5. The number of esters is 1. The number of rotatable bonds is 7. The summed E-state index contributed by atoms with van der Waals surface area (Å²) in [6, 6.07) is 6.66. The summed E-state index contributed by atoms with van der Waals surface area (Å²) in [7, 11) is 0. The maximum absolute atomic E-state index is 11.5. The topological polar surface area (TPSA) is 78.6 Å². The van der Waals surface area contributed by atoms with Crippen LogP contribution in [0, 0.1) is 0 Å². The zero-order valence-corrected chi connectivity index (χ0v) is 10.3. The van der Waals surface area contributed by atoms with Crippen LogP contribution in [-0.4, -0.2) is 25.1 Å². The van der Waals surface area contributed by atoms with Crippen molar-refractivity contribution in [3.8, 4) is 5.75 Å². The van der Waals surface area contributed by atoms with Crippen molar-refractivity contribution in [2.45, 2.75) is 19.8 Å². The van der Waals surface area contributed by atoms with E-state index in [1.54, 1.807) is 24.3 Å². The molecule has 5 heteroatoms. The quantitative estimate of drug-likeness (QED) is 0.745. The van der Waals surface area contributed by atoms with E-state index >= 15 is 0 Å². The number of nitrogens with two attached hydrogens (primary N) is 1. The molecule has 0 heterocycles. The first-order chi connectivity index (χ1) is 8.63. The highest BCUT2D eigenvalue weighted by molar-refractivity contribution is 5.89. The minimum Gasteiger partial charge on any atom is -0.494 e. The fourth-order valence-corrected chi connectivity index (χ4v) is 1.23. The minimum absolute atomic E-state index is 0.00223. The summed E-state index contributed by atoms with van der Waals surface area (Å²) < 4.78 is 10.3. The molecule has 0 aliphatic heterocycles. The molecule has 1 rings (SSSR count). The van der Waals surface area contributed by atoms with Gasteiger partial charge in [-0.25, -0.2) is 4.79 Å². The molecule has 0 aliphatic carbocycles. The lowest BCUT2D eigenvalue weighted by Gasteiger charge is -2.06. The standard InChI is InChI=1S/C13H17NO4/c1-2-8-17-11-5-3-10(4-6-11)13(16)18-9-7-12(14)15/h3-6H,2,7-9H2,1H3,(H2,14,15). The van der Waals surface area contributed by atoms with Crippen LogP contribution in [0.15, 0.2) is 24.3 Å². The molecular weight excluding hydrogens is 234 g/mol.